The lowest BCUT2D eigenvalue weighted by molar-refractivity contribution is -0.121. The van der Waals surface area contributed by atoms with E-state index in [9.17, 15) is 4.79 Å². The molecule has 0 aliphatic heterocycles. The minimum absolute atomic E-state index is 0.158. The molecule has 21 heavy (non-hydrogen) atoms. The highest BCUT2D eigenvalue weighted by Gasteiger charge is 2.30. The van der Waals surface area contributed by atoms with E-state index in [0.717, 1.165) is 13.1 Å². The van der Waals surface area contributed by atoms with Crippen molar-refractivity contribution < 1.29 is 4.79 Å². The third-order valence-corrected chi connectivity index (χ3v) is 4.26. The zero-order valence-corrected chi connectivity index (χ0v) is 13.5. The number of hydrogen-bond acceptors (Lipinski definition) is 2. The third-order valence-electron chi connectivity index (χ3n) is 4.26. The van der Waals surface area contributed by atoms with Crippen molar-refractivity contribution in [2.45, 2.75) is 52.0 Å². The number of carbonyl (C=O) groups excluding carboxylic acids is 1. The Labute approximate surface area is 128 Å². The van der Waals surface area contributed by atoms with Crippen LogP contribution in [0, 0.1) is 12.8 Å². The van der Waals surface area contributed by atoms with Crippen LogP contribution in [0.4, 0.5) is 0 Å². The molecule has 1 saturated carbocycles. The number of rotatable bonds is 7. The molecule has 116 valence electrons. The van der Waals surface area contributed by atoms with Crippen LogP contribution in [-0.4, -0.2) is 25.0 Å². The SMILES string of the molecule is Cc1ccccc1C1CC(NCCC(=O)NCC(C)C)C1. The van der Waals surface area contributed by atoms with Crippen LogP contribution in [0.5, 0.6) is 0 Å². The molecule has 0 atom stereocenters. The lowest BCUT2D eigenvalue weighted by Gasteiger charge is -2.37. The highest BCUT2D eigenvalue weighted by atomic mass is 16.1. The zero-order valence-electron chi connectivity index (χ0n) is 13.5. The van der Waals surface area contributed by atoms with Crippen LogP contribution < -0.4 is 10.6 Å². The quantitative estimate of drug-likeness (QED) is 0.810. The second-order valence-electron chi connectivity index (χ2n) is 6.62. The monoisotopic (exact) mass is 288 g/mol. The summed E-state index contributed by atoms with van der Waals surface area (Å²) in [7, 11) is 0. The molecule has 0 radical (unpaired) electrons. The molecule has 2 rings (SSSR count). The summed E-state index contributed by atoms with van der Waals surface area (Å²) in [4.78, 5) is 11.6. The Morgan fingerprint density at radius 3 is 2.67 bits per heavy atom. The zero-order chi connectivity index (χ0) is 15.2. The lowest BCUT2D eigenvalue weighted by Crippen LogP contribution is -2.42. The van der Waals surface area contributed by atoms with Gasteiger partial charge >= 0.3 is 0 Å². The van der Waals surface area contributed by atoms with Gasteiger partial charge in [0.05, 0.1) is 0 Å². The molecule has 0 bridgehead atoms. The second-order valence-corrected chi connectivity index (χ2v) is 6.62. The van der Waals surface area contributed by atoms with Crippen LogP contribution >= 0.6 is 0 Å². The molecular weight excluding hydrogens is 260 g/mol. The molecule has 0 saturated heterocycles. The van der Waals surface area contributed by atoms with Gasteiger partial charge in [-0.1, -0.05) is 38.1 Å². The number of aryl methyl sites for hydroxylation is 1. The fourth-order valence-corrected chi connectivity index (χ4v) is 2.88. The van der Waals surface area contributed by atoms with E-state index in [1.54, 1.807) is 0 Å². The Morgan fingerprint density at radius 2 is 2.00 bits per heavy atom. The first-order chi connectivity index (χ1) is 10.1. The van der Waals surface area contributed by atoms with E-state index in [0.29, 0.717) is 24.3 Å². The summed E-state index contributed by atoms with van der Waals surface area (Å²) in [6, 6.07) is 9.24. The number of benzene rings is 1. The van der Waals surface area contributed by atoms with E-state index in [-0.39, 0.29) is 5.91 Å². The minimum atomic E-state index is 0.158. The number of hydrogen-bond donors (Lipinski definition) is 2. The van der Waals surface area contributed by atoms with Gasteiger partial charge in [-0.2, -0.15) is 0 Å². The average molecular weight is 288 g/mol. The fraction of sp³-hybridized carbons (Fsp3) is 0.611. The molecule has 1 aromatic rings. The maximum Gasteiger partial charge on any atom is 0.221 e. The van der Waals surface area contributed by atoms with Crippen molar-refractivity contribution in [3.63, 3.8) is 0 Å². The predicted octanol–water partition coefficient (Wildman–Crippen LogP) is 2.99. The maximum absolute atomic E-state index is 11.6. The van der Waals surface area contributed by atoms with E-state index in [1.165, 1.54) is 24.0 Å². The van der Waals surface area contributed by atoms with Crippen molar-refractivity contribution in [1.29, 1.82) is 0 Å². The Hall–Kier alpha value is -1.35. The van der Waals surface area contributed by atoms with Gasteiger partial charge in [-0.15, -0.1) is 0 Å². The highest BCUT2D eigenvalue weighted by Crippen LogP contribution is 2.38. The van der Waals surface area contributed by atoms with E-state index in [4.69, 9.17) is 0 Å². The Kier molecular flexibility index (Phi) is 5.80. The summed E-state index contributed by atoms with van der Waals surface area (Å²) < 4.78 is 0. The molecule has 0 spiro atoms. The smallest absolute Gasteiger partial charge is 0.221 e. The molecule has 1 aliphatic carbocycles. The number of nitrogens with one attached hydrogen (secondary N) is 2. The first-order valence-electron chi connectivity index (χ1n) is 8.12. The molecule has 2 N–H and O–H groups in total. The molecule has 3 heteroatoms. The summed E-state index contributed by atoms with van der Waals surface area (Å²) in [6.07, 6.45) is 2.97. The van der Waals surface area contributed by atoms with Crippen LogP contribution in [0.15, 0.2) is 24.3 Å². The first kappa shape index (κ1) is 16.0. The van der Waals surface area contributed by atoms with E-state index in [2.05, 4.69) is 55.7 Å². The van der Waals surface area contributed by atoms with Crippen molar-refractivity contribution in [2.24, 2.45) is 5.92 Å². The molecule has 0 heterocycles. The first-order valence-corrected chi connectivity index (χ1v) is 8.12. The molecule has 1 aromatic carbocycles. The Morgan fingerprint density at radius 1 is 1.29 bits per heavy atom. The van der Waals surface area contributed by atoms with Crippen molar-refractivity contribution in [2.75, 3.05) is 13.1 Å². The van der Waals surface area contributed by atoms with Gasteiger partial charge in [-0.05, 0) is 42.7 Å². The summed E-state index contributed by atoms with van der Waals surface area (Å²) >= 11 is 0. The van der Waals surface area contributed by atoms with Crippen molar-refractivity contribution in [3.8, 4) is 0 Å². The molecular formula is C18H28N2O. The summed E-state index contributed by atoms with van der Waals surface area (Å²) in [5.41, 5.74) is 2.89. The topological polar surface area (TPSA) is 41.1 Å². The summed E-state index contributed by atoms with van der Waals surface area (Å²) in [5, 5.41) is 6.45. The van der Waals surface area contributed by atoms with Crippen LogP contribution in [0.3, 0.4) is 0 Å². The molecule has 3 nitrogen and oxygen atoms in total. The Bertz CT molecular complexity index is 464. The van der Waals surface area contributed by atoms with Gasteiger partial charge in [0.15, 0.2) is 0 Å². The van der Waals surface area contributed by atoms with Crippen molar-refractivity contribution in [3.05, 3.63) is 35.4 Å². The van der Waals surface area contributed by atoms with Crippen LogP contribution in [-0.2, 0) is 4.79 Å². The molecule has 0 unspecified atom stereocenters. The van der Waals surface area contributed by atoms with Gasteiger partial charge < -0.3 is 10.6 Å². The van der Waals surface area contributed by atoms with Gasteiger partial charge in [0.2, 0.25) is 5.91 Å². The van der Waals surface area contributed by atoms with Gasteiger partial charge in [-0.3, -0.25) is 4.79 Å². The average Bonchev–Trinajstić information content (AvgIpc) is 2.40. The Balaban J connectivity index is 1.61. The predicted molar refractivity (Wildman–Crippen MR) is 87.4 cm³/mol. The molecule has 1 aliphatic rings. The lowest BCUT2D eigenvalue weighted by atomic mass is 9.74. The highest BCUT2D eigenvalue weighted by molar-refractivity contribution is 5.76. The minimum Gasteiger partial charge on any atom is -0.356 e. The molecule has 1 fully saturated rings. The summed E-state index contributed by atoms with van der Waals surface area (Å²) in [5.74, 6) is 1.37. The standard InChI is InChI=1S/C18H28N2O/c1-13(2)12-20-18(21)8-9-19-16-10-15(11-16)17-7-5-4-6-14(17)3/h4-7,13,15-16,19H,8-12H2,1-3H3,(H,20,21). The van der Waals surface area contributed by atoms with E-state index < -0.39 is 0 Å². The second kappa shape index (κ2) is 7.60. The van der Waals surface area contributed by atoms with Gasteiger partial charge in [-0.25, -0.2) is 0 Å². The van der Waals surface area contributed by atoms with Crippen LogP contribution in [0.2, 0.25) is 0 Å². The van der Waals surface area contributed by atoms with Gasteiger partial charge in [0.1, 0.15) is 0 Å². The number of amides is 1. The third kappa shape index (κ3) is 4.85. The van der Waals surface area contributed by atoms with Crippen molar-refractivity contribution in [1.82, 2.24) is 10.6 Å². The van der Waals surface area contributed by atoms with E-state index >= 15 is 0 Å². The van der Waals surface area contributed by atoms with Gasteiger partial charge in [0, 0.05) is 25.6 Å². The van der Waals surface area contributed by atoms with Crippen LogP contribution in [0.25, 0.3) is 0 Å². The van der Waals surface area contributed by atoms with E-state index in [1.807, 2.05) is 0 Å². The summed E-state index contributed by atoms with van der Waals surface area (Å²) in [6.45, 7) is 7.97. The van der Waals surface area contributed by atoms with Crippen molar-refractivity contribution >= 4 is 5.91 Å². The molecule has 1 amide bonds. The fourth-order valence-electron chi connectivity index (χ4n) is 2.88. The normalized spacial score (nSPS) is 21.1. The largest absolute Gasteiger partial charge is 0.356 e. The molecule has 0 aromatic heterocycles. The number of carbonyl (C=O) groups is 1. The van der Waals surface area contributed by atoms with Crippen LogP contribution in [0.1, 0.15) is 50.2 Å². The maximum atomic E-state index is 11.6. The van der Waals surface area contributed by atoms with Gasteiger partial charge in [0.25, 0.3) is 0 Å².